The Bertz CT molecular complexity index is 1160. The van der Waals surface area contributed by atoms with Crippen molar-refractivity contribution < 1.29 is 10.0 Å². The maximum Gasteiger partial charge on any atom is 0.269 e. The molecule has 4 aromatic rings. The number of nitrogens with zero attached hydrogens (tertiary/aromatic N) is 5. The number of nitro benzene ring substituents is 1. The lowest BCUT2D eigenvalue weighted by Crippen LogP contribution is -2.01. The second kappa shape index (κ2) is 6.65. The summed E-state index contributed by atoms with van der Waals surface area (Å²) in [7, 11) is 0. The van der Waals surface area contributed by atoms with Crippen LogP contribution >= 0.6 is 11.6 Å². The second-order valence-electron chi connectivity index (χ2n) is 5.86. The fraction of sp³-hybridized carbons (Fsp3) is 0.0556. The molecule has 0 unspecified atom stereocenters. The first kappa shape index (κ1) is 16.9. The third-order valence-corrected chi connectivity index (χ3v) is 4.23. The number of rotatable bonds is 4. The molecule has 0 aliphatic heterocycles. The Kier molecular flexibility index (Phi) is 4.17. The van der Waals surface area contributed by atoms with Crippen molar-refractivity contribution in [3.05, 3.63) is 75.8 Å². The van der Waals surface area contributed by atoms with Crippen LogP contribution in [0.1, 0.15) is 5.56 Å². The largest absolute Gasteiger partial charge is 0.508 e. The van der Waals surface area contributed by atoms with E-state index in [0.29, 0.717) is 29.0 Å². The van der Waals surface area contributed by atoms with Crippen LogP contribution in [0.4, 0.5) is 5.69 Å². The lowest BCUT2D eigenvalue weighted by atomic mass is 10.1. The van der Waals surface area contributed by atoms with Crippen LogP contribution in [0.5, 0.6) is 5.75 Å². The molecule has 9 heteroatoms. The van der Waals surface area contributed by atoms with Crippen molar-refractivity contribution in [2.45, 2.75) is 6.54 Å². The van der Waals surface area contributed by atoms with Crippen LogP contribution < -0.4 is 0 Å². The van der Waals surface area contributed by atoms with Gasteiger partial charge in [0, 0.05) is 17.7 Å². The molecule has 0 saturated heterocycles. The maximum absolute atomic E-state index is 10.8. The third kappa shape index (κ3) is 3.30. The molecule has 0 aliphatic carbocycles. The third-order valence-electron chi connectivity index (χ3n) is 4.06. The highest BCUT2D eigenvalue weighted by Gasteiger charge is 2.15. The summed E-state index contributed by atoms with van der Waals surface area (Å²) in [5.74, 6) is 0.112. The van der Waals surface area contributed by atoms with Crippen LogP contribution in [0.3, 0.4) is 0 Å². The van der Waals surface area contributed by atoms with Crippen LogP contribution in [0.25, 0.3) is 22.4 Å². The predicted molar refractivity (Wildman–Crippen MR) is 99.6 cm³/mol. The lowest BCUT2D eigenvalue weighted by Gasteiger charge is -2.06. The van der Waals surface area contributed by atoms with E-state index < -0.39 is 4.92 Å². The van der Waals surface area contributed by atoms with Crippen molar-refractivity contribution in [2.24, 2.45) is 0 Å². The molecule has 0 bridgehead atoms. The van der Waals surface area contributed by atoms with Crippen molar-refractivity contribution in [2.75, 3.05) is 0 Å². The number of benzene rings is 2. The van der Waals surface area contributed by atoms with Gasteiger partial charge in [-0.3, -0.25) is 10.1 Å². The molecule has 0 fully saturated rings. The van der Waals surface area contributed by atoms with Gasteiger partial charge >= 0.3 is 0 Å². The number of phenolic OH excluding ortho intramolecular Hbond substituents is 1. The fourth-order valence-electron chi connectivity index (χ4n) is 2.81. The Balaban J connectivity index is 1.76. The molecule has 2 aromatic carbocycles. The number of hydrogen-bond acceptors (Lipinski definition) is 6. The molecule has 27 heavy (non-hydrogen) atoms. The summed E-state index contributed by atoms with van der Waals surface area (Å²) in [5.41, 5.74) is 3.16. The van der Waals surface area contributed by atoms with Crippen LogP contribution in [0.2, 0.25) is 5.28 Å². The quantitative estimate of drug-likeness (QED) is 0.327. The van der Waals surface area contributed by atoms with Crippen LogP contribution in [0.15, 0.2) is 54.9 Å². The van der Waals surface area contributed by atoms with Crippen LogP contribution in [0, 0.1) is 10.1 Å². The van der Waals surface area contributed by atoms with E-state index in [1.807, 2.05) is 0 Å². The van der Waals surface area contributed by atoms with Crippen molar-refractivity contribution in [3.63, 3.8) is 0 Å². The van der Waals surface area contributed by atoms with Gasteiger partial charge in [-0.25, -0.2) is 9.97 Å². The van der Waals surface area contributed by atoms with Gasteiger partial charge in [0.15, 0.2) is 5.65 Å². The molecule has 1 N–H and O–H groups in total. The average Bonchev–Trinajstić information content (AvgIpc) is 3.04. The maximum atomic E-state index is 10.8. The van der Waals surface area contributed by atoms with Crippen LogP contribution in [-0.4, -0.2) is 29.5 Å². The van der Waals surface area contributed by atoms with E-state index in [1.165, 1.54) is 12.1 Å². The Hall–Kier alpha value is -3.52. The van der Waals surface area contributed by atoms with Gasteiger partial charge in [0.1, 0.15) is 17.0 Å². The minimum Gasteiger partial charge on any atom is -0.508 e. The van der Waals surface area contributed by atoms with Gasteiger partial charge in [-0.2, -0.15) is 4.98 Å². The first-order valence-electron chi connectivity index (χ1n) is 7.92. The van der Waals surface area contributed by atoms with E-state index in [1.54, 1.807) is 47.3 Å². The van der Waals surface area contributed by atoms with Gasteiger partial charge in [0.25, 0.3) is 5.69 Å². The molecule has 0 amide bonds. The molecule has 4 rings (SSSR count). The number of phenols is 1. The molecule has 0 spiro atoms. The molecule has 2 heterocycles. The molecule has 0 radical (unpaired) electrons. The van der Waals surface area contributed by atoms with E-state index in [4.69, 9.17) is 11.6 Å². The molecule has 2 aromatic heterocycles. The summed E-state index contributed by atoms with van der Waals surface area (Å²) in [6.07, 6.45) is 1.61. The zero-order valence-corrected chi connectivity index (χ0v) is 14.5. The predicted octanol–water partition coefficient (Wildman–Crippen LogP) is 3.81. The smallest absolute Gasteiger partial charge is 0.269 e. The van der Waals surface area contributed by atoms with E-state index >= 15 is 0 Å². The van der Waals surface area contributed by atoms with E-state index in [0.717, 1.165) is 5.56 Å². The van der Waals surface area contributed by atoms with E-state index in [9.17, 15) is 15.2 Å². The summed E-state index contributed by atoms with van der Waals surface area (Å²) >= 11 is 6.10. The Labute approximate surface area is 157 Å². The highest BCUT2D eigenvalue weighted by Crippen LogP contribution is 2.28. The minimum absolute atomic E-state index is 0.0331. The number of nitro groups is 1. The SMILES string of the molecule is O=[N+]([O-])c1ccc(Cn2cnc3c(-c4cccc(O)c4)nc(Cl)nc32)cc1. The topological polar surface area (TPSA) is 107 Å². The molecule has 0 atom stereocenters. The molecular formula is C18H12ClN5O3. The lowest BCUT2D eigenvalue weighted by molar-refractivity contribution is -0.384. The summed E-state index contributed by atoms with van der Waals surface area (Å²) in [5, 5.41) is 20.6. The summed E-state index contributed by atoms with van der Waals surface area (Å²) < 4.78 is 1.79. The first-order chi connectivity index (χ1) is 13.0. The Morgan fingerprint density at radius 1 is 1.15 bits per heavy atom. The zero-order chi connectivity index (χ0) is 19.0. The highest BCUT2D eigenvalue weighted by molar-refractivity contribution is 6.28. The molecule has 0 saturated carbocycles. The molecule has 134 valence electrons. The number of hydrogen-bond donors (Lipinski definition) is 1. The minimum atomic E-state index is -0.440. The fourth-order valence-corrected chi connectivity index (χ4v) is 2.97. The number of halogens is 1. The van der Waals surface area contributed by atoms with Gasteiger partial charge in [0.2, 0.25) is 5.28 Å². The second-order valence-corrected chi connectivity index (χ2v) is 6.20. The summed E-state index contributed by atoms with van der Waals surface area (Å²) in [6, 6.07) is 12.9. The monoisotopic (exact) mass is 381 g/mol. The molecular weight excluding hydrogens is 370 g/mol. The highest BCUT2D eigenvalue weighted by atomic mass is 35.5. The summed E-state index contributed by atoms with van der Waals surface area (Å²) in [6.45, 7) is 0.418. The standard InChI is InChI=1S/C18H12ClN5O3/c19-18-21-15(12-2-1-3-14(25)8-12)16-17(22-18)23(10-20-16)9-11-4-6-13(7-5-11)24(26)27/h1-8,10,25H,9H2. The molecule has 0 aliphatic rings. The number of fused-ring (bicyclic) bond motifs is 1. The van der Waals surface area contributed by atoms with Gasteiger partial charge < -0.3 is 9.67 Å². The van der Waals surface area contributed by atoms with Crippen molar-refractivity contribution >= 4 is 28.5 Å². The Morgan fingerprint density at radius 2 is 1.93 bits per heavy atom. The first-order valence-corrected chi connectivity index (χ1v) is 8.30. The number of aromatic nitrogens is 4. The van der Waals surface area contributed by atoms with Crippen LogP contribution in [-0.2, 0) is 6.54 Å². The van der Waals surface area contributed by atoms with E-state index in [2.05, 4.69) is 15.0 Å². The number of non-ortho nitro benzene ring substituents is 1. The Morgan fingerprint density at radius 3 is 2.63 bits per heavy atom. The average molecular weight is 382 g/mol. The summed E-state index contributed by atoms with van der Waals surface area (Å²) in [4.78, 5) is 23.3. The molecule has 8 nitrogen and oxygen atoms in total. The van der Waals surface area contributed by atoms with Crippen molar-refractivity contribution in [3.8, 4) is 17.0 Å². The van der Waals surface area contributed by atoms with Crippen molar-refractivity contribution in [1.29, 1.82) is 0 Å². The van der Waals surface area contributed by atoms with Gasteiger partial charge in [-0.1, -0.05) is 24.3 Å². The van der Waals surface area contributed by atoms with Gasteiger partial charge in [0.05, 0.1) is 17.8 Å². The van der Waals surface area contributed by atoms with E-state index in [-0.39, 0.29) is 16.7 Å². The van der Waals surface area contributed by atoms with Crippen molar-refractivity contribution in [1.82, 2.24) is 19.5 Å². The normalized spacial score (nSPS) is 11.0. The zero-order valence-electron chi connectivity index (χ0n) is 13.8. The number of aromatic hydroxyl groups is 1. The van der Waals surface area contributed by atoms with Gasteiger partial charge in [-0.05, 0) is 29.3 Å². The number of imidazole rings is 1. The van der Waals surface area contributed by atoms with Gasteiger partial charge in [-0.15, -0.1) is 0 Å².